The molecule has 0 fully saturated rings. The molecule has 0 saturated heterocycles. The van der Waals surface area contributed by atoms with Crippen LogP contribution in [0.4, 0.5) is 0 Å². The smallest absolute Gasteiger partial charge is 0.0349 e. The van der Waals surface area contributed by atoms with Crippen LogP contribution in [0.25, 0.3) is 10.8 Å². The zero-order chi connectivity index (χ0) is 14.5. The van der Waals surface area contributed by atoms with Gasteiger partial charge in [-0.1, -0.05) is 48.5 Å². The van der Waals surface area contributed by atoms with Gasteiger partial charge in [-0.3, -0.25) is 4.98 Å². The molecule has 0 bridgehead atoms. The highest BCUT2D eigenvalue weighted by Crippen LogP contribution is 2.23. The van der Waals surface area contributed by atoms with Gasteiger partial charge in [-0.25, -0.2) is 0 Å². The molecule has 3 rings (SSSR count). The minimum absolute atomic E-state index is 0.387. The van der Waals surface area contributed by atoms with Gasteiger partial charge in [0, 0.05) is 23.8 Å². The second-order valence-corrected chi connectivity index (χ2v) is 5.30. The summed E-state index contributed by atoms with van der Waals surface area (Å²) < 4.78 is 0. The predicted octanol–water partition coefficient (Wildman–Crippen LogP) is 4.13. The van der Waals surface area contributed by atoms with E-state index in [-0.39, 0.29) is 0 Å². The van der Waals surface area contributed by atoms with E-state index >= 15 is 0 Å². The van der Waals surface area contributed by atoms with E-state index in [1.165, 1.54) is 21.9 Å². The molecular formula is C19H20N2. The first-order valence-corrected chi connectivity index (χ1v) is 7.42. The Morgan fingerprint density at radius 2 is 1.86 bits per heavy atom. The maximum absolute atomic E-state index is 4.26. The van der Waals surface area contributed by atoms with E-state index < -0.39 is 0 Å². The van der Waals surface area contributed by atoms with Crippen LogP contribution in [-0.2, 0) is 6.42 Å². The number of nitrogens with one attached hydrogen (secondary N) is 1. The normalized spacial score (nSPS) is 12.4. The molecule has 0 aliphatic heterocycles. The third kappa shape index (κ3) is 3.11. The first kappa shape index (κ1) is 13.8. The molecule has 0 aliphatic rings. The topological polar surface area (TPSA) is 24.9 Å². The highest BCUT2D eigenvalue weighted by atomic mass is 14.9. The molecule has 1 N–H and O–H groups in total. The molecule has 0 amide bonds. The Bertz CT molecular complexity index is 702. The number of rotatable bonds is 5. The van der Waals surface area contributed by atoms with Crippen LogP contribution in [0, 0.1) is 0 Å². The van der Waals surface area contributed by atoms with Crippen molar-refractivity contribution in [1.82, 2.24) is 10.3 Å². The van der Waals surface area contributed by atoms with Gasteiger partial charge in [-0.2, -0.15) is 0 Å². The van der Waals surface area contributed by atoms with Gasteiger partial charge in [-0.05, 0) is 42.5 Å². The predicted molar refractivity (Wildman–Crippen MR) is 88.3 cm³/mol. The van der Waals surface area contributed by atoms with Crippen LogP contribution in [0.2, 0.25) is 0 Å². The number of benzene rings is 2. The highest BCUT2D eigenvalue weighted by Gasteiger charge is 2.09. The lowest BCUT2D eigenvalue weighted by atomic mass is 9.96. The summed E-state index contributed by atoms with van der Waals surface area (Å²) in [5.41, 5.74) is 2.72. The van der Waals surface area contributed by atoms with Crippen molar-refractivity contribution in [3.05, 3.63) is 78.1 Å². The molecule has 1 aromatic heterocycles. The number of hydrogen-bond acceptors (Lipinski definition) is 2. The van der Waals surface area contributed by atoms with E-state index in [2.05, 4.69) is 64.9 Å². The number of nitrogens with zero attached hydrogens (tertiary/aromatic N) is 1. The Balaban J connectivity index is 1.79. The minimum atomic E-state index is 0.387. The van der Waals surface area contributed by atoms with Gasteiger partial charge < -0.3 is 5.32 Å². The third-order valence-electron chi connectivity index (χ3n) is 4.03. The van der Waals surface area contributed by atoms with Gasteiger partial charge in [0.2, 0.25) is 0 Å². The summed E-state index contributed by atoms with van der Waals surface area (Å²) in [7, 11) is 2.03. The lowest BCUT2D eigenvalue weighted by Gasteiger charge is -2.17. The Kier molecular flexibility index (Phi) is 4.27. The summed E-state index contributed by atoms with van der Waals surface area (Å²) in [6.07, 6.45) is 5.95. The van der Waals surface area contributed by atoms with Crippen molar-refractivity contribution in [2.75, 3.05) is 7.05 Å². The molecule has 0 saturated carbocycles. The Morgan fingerprint density at radius 1 is 1.00 bits per heavy atom. The summed E-state index contributed by atoms with van der Waals surface area (Å²) in [6.45, 7) is 0. The standard InChI is InChI=1S/C19H20N2/c1-20-19(17-6-3-2-4-7-17)11-10-15-8-5-9-16-12-13-21-14-18(15)16/h2-9,12-14,19-20H,10-11H2,1H3. The molecule has 1 unspecified atom stereocenters. The van der Waals surface area contributed by atoms with Crippen LogP contribution in [-0.4, -0.2) is 12.0 Å². The fourth-order valence-corrected chi connectivity index (χ4v) is 2.86. The molecular weight excluding hydrogens is 256 g/mol. The van der Waals surface area contributed by atoms with Gasteiger partial charge >= 0.3 is 0 Å². The third-order valence-corrected chi connectivity index (χ3v) is 4.03. The molecule has 2 heteroatoms. The van der Waals surface area contributed by atoms with E-state index in [1.54, 1.807) is 0 Å². The van der Waals surface area contributed by atoms with Crippen LogP contribution >= 0.6 is 0 Å². The Hall–Kier alpha value is -2.19. The van der Waals surface area contributed by atoms with Gasteiger partial charge in [-0.15, -0.1) is 0 Å². The molecule has 106 valence electrons. The summed E-state index contributed by atoms with van der Waals surface area (Å²) in [5, 5.41) is 5.95. The van der Waals surface area contributed by atoms with Crippen LogP contribution < -0.4 is 5.32 Å². The number of aryl methyl sites for hydroxylation is 1. The molecule has 2 aromatic carbocycles. The average Bonchev–Trinajstić information content (AvgIpc) is 2.56. The van der Waals surface area contributed by atoms with Crippen molar-refractivity contribution in [2.45, 2.75) is 18.9 Å². The van der Waals surface area contributed by atoms with Gasteiger partial charge in [0.15, 0.2) is 0 Å². The quantitative estimate of drug-likeness (QED) is 0.758. The van der Waals surface area contributed by atoms with Crippen molar-refractivity contribution in [2.24, 2.45) is 0 Å². The van der Waals surface area contributed by atoms with Crippen LogP contribution in [0.15, 0.2) is 67.0 Å². The number of fused-ring (bicyclic) bond motifs is 1. The summed E-state index contributed by atoms with van der Waals surface area (Å²) in [5.74, 6) is 0. The lowest BCUT2D eigenvalue weighted by molar-refractivity contribution is 0.550. The van der Waals surface area contributed by atoms with Gasteiger partial charge in [0.25, 0.3) is 0 Å². The Labute approximate surface area is 125 Å². The summed E-state index contributed by atoms with van der Waals surface area (Å²) in [6, 6.07) is 19.6. The molecule has 2 nitrogen and oxygen atoms in total. The number of hydrogen-bond donors (Lipinski definition) is 1. The van der Waals surface area contributed by atoms with Crippen molar-refractivity contribution in [3.8, 4) is 0 Å². The van der Waals surface area contributed by atoms with E-state index in [0.717, 1.165) is 12.8 Å². The monoisotopic (exact) mass is 276 g/mol. The highest BCUT2D eigenvalue weighted by molar-refractivity contribution is 5.84. The van der Waals surface area contributed by atoms with Crippen molar-refractivity contribution in [1.29, 1.82) is 0 Å². The van der Waals surface area contributed by atoms with E-state index in [0.29, 0.717) is 6.04 Å². The largest absolute Gasteiger partial charge is 0.313 e. The molecule has 1 heterocycles. The molecule has 0 aliphatic carbocycles. The fraction of sp³-hybridized carbons (Fsp3) is 0.211. The number of pyridine rings is 1. The molecule has 0 radical (unpaired) electrons. The maximum Gasteiger partial charge on any atom is 0.0349 e. The zero-order valence-corrected chi connectivity index (χ0v) is 12.3. The van der Waals surface area contributed by atoms with Gasteiger partial charge in [0.05, 0.1) is 0 Å². The second-order valence-electron chi connectivity index (χ2n) is 5.30. The first-order valence-electron chi connectivity index (χ1n) is 7.42. The first-order chi connectivity index (χ1) is 10.4. The SMILES string of the molecule is CNC(CCc1cccc2ccncc12)c1ccccc1. The average molecular weight is 276 g/mol. The molecule has 21 heavy (non-hydrogen) atoms. The molecule has 3 aromatic rings. The van der Waals surface area contributed by atoms with E-state index in [4.69, 9.17) is 0 Å². The van der Waals surface area contributed by atoms with E-state index in [9.17, 15) is 0 Å². The summed E-state index contributed by atoms with van der Waals surface area (Å²) in [4.78, 5) is 4.26. The fourth-order valence-electron chi connectivity index (χ4n) is 2.86. The van der Waals surface area contributed by atoms with Crippen molar-refractivity contribution in [3.63, 3.8) is 0 Å². The van der Waals surface area contributed by atoms with E-state index in [1.807, 2.05) is 19.4 Å². The zero-order valence-electron chi connectivity index (χ0n) is 12.3. The van der Waals surface area contributed by atoms with Crippen molar-refractivity contribution >= 4 is 10.8 Å². The summed E-state index contributed by atoms with van der Waals surface area (Å²) >= 11 is 0. The van der Waals surface area contributed by atoms with Crippen LogP contribution in [0.3, 0.4) is 0 Å². The minimum Gasteiger partial charge on any atom is -0.313 e. The number of aromatic nitrogens is 1. The van der Waals surface area contributed by atoms with Gasteiger partial charge in [0.1, 0.15) is 0 Å². The Morgan fingerprint density at radius 3 is 2.67 bits per heavy atom. The van der Waals surface area contributed by atoms with Crippen molar-refractivity contribution < 1.29 is 0 Å². The van der Waals surface area contributed by atoms with Crippen LogP contribution in [0.1, 0.15) is 23.6 Å². The second kappa shape index (κ2) is 6.51. The molecule has 0 spiro atoms. The maximum atomic E-state index is 4.26. The van der Waals surface area contributed by atoms with Crippen LogP contribution in [0.5, 0.6) is 0 Å². The molecule has 1 atom stereocenters. The lowest BCUT2D eigenvalue weighted by Crippen LogP contribution is -2.17.